The molecule has 0 spiro atoms. The first kappa shape index (κ1) is 24.4. The number of benzene rings is 2. The van der Waals surface area contributed by atoms with Crippen LogP contribution in [0, 0.1) is 5.92 Å². The zero-order valence-corrected chi connectivity index (χ0v) is 17.9. The van der Waals surface area contributed by atoms with Gasteiger partial charge in [-0.2, -0.15) is 0 Å². The molecule has 1 aliphatic rings. The molecule has 0 unspecified atom stereocenters. The van der Waals surface area contributed by atoms with E-state index >= 15 is 0 Å². The minimum atomic E-state index is -1.82. The Kier molecular flexibility index (Phi) is 10.00. The maximum atomic E-state index is 12.4. The Labute approximate surface area is 186 Å². The van der Waals surface area contributed by atoms with E-state index in [9.17, 15) is 4.79 Å². The van der Waals surface area contributed by atoms with Crippen LogP contribution in [0.4, 0.5) is 0 Å². The highest BCUT2D eigenvalue weighted by molar-refractivity contribution is 6.31. The van der Waals surface area contributed by atoms with Crippen LogP contribution in [0.5, 0.6) is 0 Å². The van der Waals surface area contributed by atoms with Crippen LogP contribution in [0.15, 0.2) is 54.6 Å². The SMILES string of the molecule is O=C(NCCc1ccccc1)C1CCN(Cc2ccccc2Cl)CC1.O=C(O)C(=O)O. The molecular weight excluding hydrogens is 420 g/mol. The number of piperidine rings is 1. The van der Waals surface area contributed by atoms with Gasteiger partial charge in [0.15, 0.2) is 0 Å². The molecule has 0 aliphatic carbocycles. The van der Waals surface area contributed by atoms with Crippen molar-refractivity contribution in [2.24, 2.45) is 5.92 Å². The Morgan fingerprint density at radius 3 is 2.10 bits per heavy atom. The van der Waals surface area contributed by atoms with E-state index in [1.807, 2.05) is 36.4 Å². The Hall–Kier alpha value is -2.90. The number of carbonyl (C=O) groups excluding carboxylic acids is 1. The minimum absolute atomic E-state index is 0.137. The molecule has 0 bridgehead atoms. The van der Waals surface area contributed by atoms with Gasteiger partial charge in [0, 0.05) is 24.0 Å². The van der Waals surface area contributed by atoms with Crippen LogP contribution in [0.3, 0.4) is 0 Å². The van der Waals surface area contributed by atoms with Crippen molar-refractivity contribution in [3.63, 3.8) is 0 Å². The molecule has 8 heteroatoms. The van der Waals surface area contributed by atoms with Crippen LogP contribution in [-0.4, -0.2) is 52.6 Å². The first-order chi connectivity index (χ1) is 14.9. The number of rotatable bonds is 6. The molecule has 7 nitrogen and oxygen atoms in total. The minimum Gasteiger partial charge on any atom is -0.473 e. The van der Waals surface area contributed by atoms with Gasteiger partial charge >= 0.3 is 11.9 Å². The third-order valence-electron chi connectivity index (χ3n) is 5.05. The van der Waals surface area contributed by atoms with Crippen LogP contribution in [-0.2, 0) is 27.3 Å². The maximum absolute atomic E-state index is 12.4. The van der Waals surface area contributed by atoms with Gasteiger partial charge in [0.05, 0.1) is 0 Å². The zero-order valence-electron chi connectivity index (χ0n) is 17.2. The fourth-order valence-electron chi connectivity index (χ4n) is 3.34. The van der Waals surface area contributed by atoms with E-state index in [0.717, 1.165) is 49.5 Å². The van der Waals surface area contributed by atoms with Gasteiger partial charge in [0.2, 0.25) is 5.91 Å². The molecular formula is C23H27ClN2O5. The summed E-state index contributed by atoms with van der Waals surface area (Å²) in [6.45, 7) is 3.47. The molecule has 1 fully saturated rings. The van der Waals surface area contributed by atoms with Gasteiger partial charge in [-0.1, -0.05) is 60.1 Å². The molecule has 1 saturated heterocycles. The topological polar surface area (TPSA) is 107 Å². The van der Waals surface area contributed by atoms with Gasteiger partial charge in [-0.15, -0.1) is 0 Å². The van der Waals surface area contributed by atoms with Crippen molar-refractivity contribution >= 4 is 29.4 Å². The van der Waals surface area contributed by atoms with Gasteiger partial charge in [-0.05, 0) is 49.5 Å². The highest BCUT2D eigenvalue weighted by Crippen LogP contribution is 2.22. The number of hydrogen-bond acceptors (Lipinski definition) is 4. The second-order valence-corrected chi connectivity index (χ2v) is 7.69. The van der Waals surface area contributed by atoms with E-state index in [1.54, 1.807) is 0 Å². The highest BCUT2D eigenvalue weighted by atomic mass is 35.5. The van der Waals surface area contributed by atoms with E-state index in [-0.39, 0.29) is 11.8 Å². The number of carbonyl (C=O) groups is 3. The van der Waals surface area contributed by atoms with Crippen molar-refractivity contribution in [3.8, 4) is 0 Å². The van der Waals surface area contributed by atoms with Crippen LogP contribution >= 0.6 is 11.6 Å². The summed E-state index contributed by atoms with van der Waals surface area (Å²) in [7, 11) is 0. The molecule has 1 heterocycles. The van der Waals surface area contributed by atoms with Crippen molar-refractivity contribution in [2.45, 2.75) is 25.8 Å². The van der Waals surface area contributed by atoms with Gasteiger partial charge in [0.25, 0.3) is 0 Å². The molecule has 1 amide bonds. The summed E-state index contributed by atoms with van der Waals surface area (Å²) in [4.78, 5) is 32.9. The molecule has 31 heavy (non-hydrogen) atoms. The van der Waals surface area contributed by atoms with Crippen molar-refractivity contribution in [1.82, 2.24) is 10.2 Å². The summed E-state index contributed by atoms with van der Waals surface area (Å²) in [5, 5.41) is 18.7. The summed E-state index contributed by atoms with van der Waals surface area (Å²) >= 11 is 6.24. The van der Waals surface area contributed by atoms with Crippen LogP contribution in [0.25, 0.3) is 0 Å². The maximum Gasteiger partial charge on any atom is 0.414 e. The predicted octanol–water partition coefficient (Wildman–Crippen LogP) is 3.07. The third-order valence-corrected chi connectivity index (χ3v) is 5.42. The molecule has 166 valence electrons. The van der Waals surface area contributed by atoms with E-state index in [0.29, 0.717) is 6.54 Å². The lowest BCUT2D eigenvalue weighted by atomic mass is 9.95. The number of nitrogens with zero attached hydrogens (tertiary/aromatic N) is 1. The van der Waals surface area contributed by atoms with Crippen molar-refractivity contribution in [1.29, 1.82) is 0 Å². The van der Waals surface area contributed by atoms with E-state index < -0.39 is 11.9 Å². The fraction of sp³-hybridized carbons (Fsp3) is 0.348. The van der Waals surface area contributed by atoms with Crippen molar-refractivity contribution in [2.75, 3.05) is 19.6 Å². The average molecular weight is 447 g/mol. The zero-order chi connectivity index (χ0) is 22.6. The molecule has 3 rings (SSSR count). The number of amides is 1. The van der Waals surface area contributed by atoms with E-state index in [1.165, 1.54) is 5.56 Å². The second kappa shape index (κ2) is 12.7. The summed E-state index contributed by atoms with van der Waals surface area (Å²) in [5.74, 6) is -3.31. The first-order valence-corrected chi connectivity index (χ1v) is 10.5. The van der Waals surface area contributed by atoms with Crippen LogP contribution in [0.2, 0.25) is 5.02 Å². The number of likely N-dealkylation sites (tertiary alicyclic amines) is 1. The molecule has 3 N–H and O–H groups in total. The molecule has 0 aromatic heterocycles. The molecule has 0 radical (unpaired) electrons. The number of carboxylic acid groups (broad SMARTS) is 2. The quantitative estimate of drug-likeness (QED) is 0.589. The Morgan fingerprint density at radius 1 is 0.935 bits per heavy atom. The van der Waals surface area contributed by atoms with Crippen molar-refractivity contribution in [3.05, 3.63) is 70.7 Å². The Morgan fingerprint density at radius 2 is 1.52 bits per heavy atom. The largest absolute Gasteiger partial charge is 0.473 e. The lowest BCUT2D eigenvalue weighted by molar-refractivity contribution is -0.159. The normalized spacial score (nSPS) is 14.2. The van der Waals surface area contributed by atoms with Gasteiger partial charge in [0.1, 0.15) is 0 Å². The number of hydrogen-bond donors (Lipinski definition) is 3. The predicted molar refractivity (Wildman–Crippen MR) is 118 cm³/mol. The molecule has 0 atom stereocenters. The van der Waals surface area contributed by atoms with Gasteiger partial charge in [-0.25, -0.2) is 9.59 Å². The Bertz CT molecular complexity index is 855. The second-order valence-electron chi connectivity index (χ2n) is 7.28. The first-order valence-electron chi connectivity index (χ1n) is 10.1. The standard InChI is InChI=1S/C21H25ClN2O.C2H2O4/c22-20-9-5-4-8-19(20)16-24-14-11-18(12-15-24)21(25)23-13-10-17-6-2-1-3-7-17;3-1(4)2(5)6/h1-9,18H,10-16H2,(H,23,25);(H,3,4)(H,5,6). The third kappa shape index (κ3) is 8.78. The Balaban J connectivity index is 0.000000501. The number of aliphatic carboxylic acids is 2. The summed E-state index contributed by atoms with van der Waals surface area (Å²) < 4.78 is 0. The average Bonchev–Trinajstić information content (AvgIpc) is 2.77. The fourth-order valence-corrected chi connectivity index (χ4v) is 3.54. The van der Waals surface area contributed by atoms with E-state index in [4.69, 9.17) is 31.4 Å². The van der Waals surface area contributed by atoms with Gasteiger partial charge < -0.3 is 15.5 Å². The number of halogens is 1. The van der Waals surface area contributed by atoms with Crippen molar-refractivity contribution < 1.29 is 24.6 Å². The lowest BCUT2D eigenvalue weighted by Crippen LogP contribution is -2.40. The molecule has 1 aliphatic heterocycles. The lowest BCUT2D eigenvalue weighted by Gasteiger charge is -2.31. The summed E-state index contributed by atoms with van der Waals surface area (Å²) in [6.07, 6.45) is 2.72. The summed E-state index contributed by atoms with van der Waals surface area (Å²) in [5.41, 5.74) is 2.42. The van der Waals surface area contributed by atoms with E-state index in [2.05, 4.69) is 28.4 Å². The molecule has 2 aromatic carbocycles. The highest BCUT2D eigenvalue weighted by Gasteiger charge is 2.24. The van der Waals surface area contributed by atoms with Gasteiger partial charge in [-0.3, -0.25) is 9.69 Å². The number of carboxylic acids is 2. The van der Waals surface area contributed by atoms with Crippen LogP contribution < -0.4 is 5.32 Å². The smallest absolute Gasteiger partial charge is 0.414 e. The molecule has 2 aromatic rings. The van der Waals surface area contributed by atoms with Crippen LogP contribution in [0.1, 0.15) is 24.0 Å². The summed E-state index contributed by atoms with van der Waals surface area (Å²) in [6, 6.07) is 18.3. The molecule has 0 saturated carbocycles. The number of nitrogens with one attached hydrogen (secondary N) is 1. The monoisotopic (exact) mass is 446 g/mol.